The monoisotopic (exact) mass is 184 g/mol. The van der Waals surface area contributed by atoms with Gasteiger partial charge in [0.25, 0.3) is 0 Å². The Bertz CT molecular complexity index is 180. The van der Waals surface area contributed by atoms with Crippen molar-refractivity contribution in [3.05, 3.63) is 0 Å². The van der Waals surface area contributed by atoms with Crippen LogP contribution in [0.3, 0.4) is 0 Å². The molecule has 3 nitrogen and oxygen atoms in total. The fourth-order valence-electron chi connectivity index (χ4n) is 2.10. The maximum Gasteiger partial charge on any atom is 0.226 e. The highest BCUT2D eigenvalue weighted by atomic mass is 16.2. The van der Waals surface area contributed by atoms with E-state index in [9.17, 15) is 4.79 Å². The van der Waals surface area contributed by atoms with Crippen molar-refractivity contribution in [2.75, 3.05) is 21.1 Å². The first-order valence-corrected chi connectivity index (χ1v) is 5.05. The molecule has 0 heterocycles. The standard InChI is InChI=1S/C10H20N2O/c1-11-9-7-5-4-6-8(9)10(13)12(2)3/h8-9,11H,4-7H2,1-3H3/t8-,9-/m1/s1. The van der Waals surface area contributed by atoms with E-state index in [1.165, 1.54) is 12.8 Å². The van der Waals surface area contributed by atoms with Crippen LogP contribution in [0.2, 0.25) is 0 Å². The lowest BCUT2D eigenvalue weighted by Crippen LogP contribution is -2.44. The molecule has 0 aliphatic heterocycles. The zero-order chi connectivity index (χ0) is 9.84. The second-order valence-electron chi connectivity index (χ2n) is 4.02. The van der Waals surface area contributed by atoms with Crippen LogP contribution in [0.4, 0.5) is 0 Å². The smallest absolute Gasteiger partial charge is 0.226 e. The molecule has 3 heteroatoms. The summed E-state index contributed by atoms with van der Waals surface area (Å²) in [6.45, 7) is 0. The second kappa shape index (κ2) is 4.61. The highest BCUT2D eigenvalue weighted by Gasteiger charge is 2.30. The van der Waals surface area contributed by atoms with Gasteiger partial charge in [0.2, 0.25) is 5.91 Å². The molecule has 1 rings (SSSR count). The van der Waals surface area contributed by atoms with Gasteiger partial charge in [-0.2, -0.15) is 0 Å². The van der Waals surface area contributed by atoms with Gasteiger partial charge >= 0.3 is 0 Å². The number of nitrogens with one attached hydrogen (secondary N) is 1. The van der Waals surface area contributed by atoms with E-state index in [1.807, 2.05) is 21.1 Å². The molecule has 0 saturated heterocycles. The molecule has 0 bridgehead atoms. The summed E-state index contributed by atoms with van der Waals surface area (Å²) in [6, 6.07) is 0.392. The number of rotatable bonds is 2. The average Bonchev–Trinajstić information content (AvgIpc) is 2.16. The third-order valence-electron chi connectivity index (χ3n) is 2.89. The first-order valence-electron chi connectivity index (χ1n) is 5.05. The van der Waals surface area contributed by atoms with Crippen LogP contribution in [0.25, 0.3) is 0 Å². The lowest BCUT2D eigenvalue weighted by Gasteiger charge is -2.31. The molecule has 2 atom stereocenters. The van der Waals surface area contributed by atoms with Crippen LogP contribution < -0.4 is 5.32 Å². The Morgan fingerprint density at radius 2 is 1.92 bits per heavy atom. The van der Waals surface area contributed by atoms with Crippen LogP contribution in [-0.4, -0.2) is 38.0 Å². The minimum absolute atomic E-state index is 0.203. The molecule has 0 spiro atoms. The third kappa shape index (κ3) is 2.44. The van der Waals surface area contributed by atoms with Gasteiger partial charge in [-0.1, -0.05) is 12.8 Å². The van der Waals surface area contributed by atoms with Gasteiger partial charge in [-0.05, 0) is 19.9 Å². The van der Waals surface area contributed by atoms with Crippen molar-refractivity contribution in [1.29, 1.82) is 0 Å². The molecule has 1 amide bonds. The van der Waals surface area contributed by atoms with Gasteiger partial charge in [-0.3, -0.25) is 4.79 Å². The van der Waals surface area contributed by atoms with Crippen LogP contribution in [-0.2, 0) is 4.79 Å². The predicted octanol–water partition coefficient (Wildman–Crippen LogP) is 0.853. The molecule has 0 unspecified atom stereocenters. The third-order valence-corrected chi connectivity index (χ3v) is 2.89. The number of hydrogen-bond donors (Lipinski definition) is 1. The summed E-state index contributed by atoms with van der Waals surface area (Å²) in [6.07, 6.45) is 4.63. The maximum atomic E-state index is 11.8. The van der Waals surface area contributed by atoms with Gasteiger partial charge < -0.3 is 10.2 Å². The van der Waals surface area contributed by atoms with E-state index >= 15 is 0 Å². The van der Waals surface area contributed by atoms with E-state index in [2.05, 4.69) is 5.32 Å². The molecule has 1 aliphatic carbocycles. The molecular weight excluding hydrogens is 164 g/mol. The van der Waals surface area contributed by atoms with E-state index in [-0.39, 0.29) is 11.8 Å². The Morgan fingerprint density at radius 3 is 2.46 bits per heavy atom. The number of amides is 1. The van der Waals surface area contributed by atoms with Gasteiger partial charge in [0.15, 0.2) is 0 Å². The fraction of sp³-hybridized carbons (Fsp3) is 0.900. The minimum atomic E-state index is 0.203. The largest absolute Gasteiger partial charge is 0.349 e. The minimum Gasteiger partial charge on any atom is -0.349 e. The van der Waals surface area contributed by atoms with Crippen molar-refractivity contribution in [3.63, 3.8) is 0 Å². The van der Waals surface area contributed by atoms with Crippen molar-refractivity contribution in [2.45, 2.75) is 31.7 Å². The molecule has 1 aliphatic rings. The molecular formula is C10H20N2O. The van der Waals surface area contributed by atoms with Gasteiger partial charge in [0.1, 0.15) is 0 Å². The molecule has 0 radical (unpaired) electrons. The average molecular weight is 184 g/mol. The second-order valence-corrected chi connectivity index (χ2v) is 4.02. The molecule has 0 aromatic heterocycles. The summed E-state index contributed by atoms with van der Waals surface area (Å²) in [4.78, 5) is 13.5. The molecule has 76 valence electrons. The molecule has 13 heavy (non-hydrogen) atoms. The zero-order valence-corrected chi connectivity index (χ0v) is 8.84. The number of hydrogen-bond acceptors (Lipinski definition) is 2. The lowest BCUT2D eigenvalue weighted by molar-refractivity contribution is -0.134. The van der Waals surface area contributed by atoms with Gasteiger partial charge in [-0.25, -0.2) is 0 Å². The van der Waals surface area contributed by atoms with E-state index < -0.39 is 0 Å². The summed E-state index contributed by atoms with van der Waals surface area (Å²) in [5.74, 6) is 0.479. The van der Waals surface area contributed by atoms with Crippen LogP contribution in [0.1, 0.15) is 25.7 Å². The predicted molar refractivity (Wildman–Crippen MR) is 53.5 cm³/mol. The Hall–Kier alpha value is -0.570. The van der Waals surface area contributed by atoms with Crippen molar-refractivity contribution < 1.29 is 4.79 Å². The Kier molecular flexibility index (Phi) is 3.72. The summed E-state index contributed by atoms with van der Waals surface area (Å²) in [7, 11) is 5.62. The van der Waals surface area contributed by atoms with Crippen LogP contribution in [0, 0.1) is 5.92 Å². The summed E-state index contributed by atoms with van der Waals surface area (Å²) in [5, 5.41) is 3.24. The van der Waals surface area contributed by atoms with Crippen molar-refractivity contribution in [1.82, 2.24) is 10.2 Å². The van der Waals surface area contributed by atoms with Crippen molar-refractivity contribution in [2.24, 2.45) is 5.92 Å². The fourth-order valence-corrected chi connectivity index (χ4v) is 2.10. The van der Waals surface area contributed by atoms with E-state index in [0.29, 0.717) is 6.04 Å². The Morgan fingerprint density at radius 1 is 1.31 bits per heavy atom. The topological polar surface area (TPSA) is 32.3 Å². The molecule has 1 N–H and O–H groups in total. The number of carbonyl (C=O) groups is 1. The normalized spacial score (nSPS) is 28.5. The van der Waals surface area contributed by atoms with Gasteiger partial charge in [0, 0.05) is 20.1 Å². The first kappa shape index (κ1) is 10.5. The highest BCUT2D eigenvalue weighted by molar-refractivity contribution is 5.79. The van der Waals surface area contributed by atoms with E-state index in [4.69, 9.17) is 0 Å². The van der Waals surface area contributed by atoms with Gasteiger partial charge in [0.05, 0.1) is 5.92 Å². The lowest BCUT2D eigenvalue weighted by atomic mass is 9.84. The Labute approximate surface area is 80.5 Å². The zero-order valence-electron chi connectivity index (χ0n) is 8.84. The number of nitrogens with zero attached hydrogens (tertiary/aromatic N) is 1. The molecule has 1 saturated carbocycles. The molecule has 1 fully saturated rings. The summed E-state index contributed by atoms with van der Waals surface area (Å²) >= 11 is 0. The quantitative estimate of drug-likeness (QED) is 0.690. The van der Waals surface area contributed by atoms with E-state index in [0.717, 1.165) is 12.8 Å². The van der Waals surface area contributed by atoms with Gasteiger partial charge in [-0.15, -0.1) is 0 Å². The Balaban J connectivity index is 2.58. The number of carbonyl (C=O) groups excluding carboxylic acids is 1. The van der Waals surface area contributed by atoms with Crippen LogP contribution in [0.5, 0.6) is 0 Å². The SMILES string of the molecule is CN[C@@H]1CCCC[C@H]1C(=O)N(C)C. The van der Waals surface area contributed by atoms with Crippen molar-refractivity contribution >= 4 is 5.91 Å². The highest BCUT2D eigenvalue weighted by Crippen LogP contribution is 2.25. The first-order chi connectivity index (χ1) is 6.16. The van der Waals surface area contributed by atoms with Crippen LogP contribution in [0.15, 0.2) is 0 Å². The molecule has 0 aromatic rings. The van der Waals surface area contributed by atoms with Crippen molar-refractivity contribution in [3.8, 4) is 0 Å². The molecule has 0 aromatic carbocycles. The summed E-state index contributed by atoms with van der Waals surface area (Å²) < 4.78 is 0. The summed E-state index contributed by atoms with van der Waals surface area (Å²) in [5.41, 5.74) is 0. The maximum absolute atomic E-state index is 11.8. The van der Waals surface area contributed by atoms with Crippen LogP contribution >= 0.6 is 0 Å². The van der Waals surface area contributed by atoms with E-state index in [1.54, 1.807) is 4.90 Å².